The molecule has 2 fully saturated rings. The Morgan fingerprint density at radius 3 is 2.90 bits per heavy atom. The van der Waals surface area contributed by atoms with Crippen molar-refractivity contribution in [3.05, 3.63) is 16.8 Å². The van der Waals surface area contributed by atoms with Gasteiger partial charge in [-0.3, -0.25) is 0 Å². The first-order valence-electron chi connectivity index (χ1n) is 7.37. The molecule has 2 N–H and O–H groups in total. The second-order valence-corrected chi connectivity index (χ2v) is 7.19. The largest absolute Gasteiger partial charge is 0.477 e. The molecule has 0 saturated heterocycles. The van der Waals surface area contributed by atoms with E-state index in [1.54, 1.807) is 0 Å². The highest BCUT2D eigenvalue weighted by molar-refractivity contribution is 7.20. The highest BCUT2D eigenvalue weighted by Gasteiger charge is 2.39. The van der Waals surface area contributed by atoms with Crippen molar-refractivity contribution < 1.29 is 9.90 Å². The zero-order chi connectivity index (χ0) is 14.6. The van der Waals surface area contributed by atoms with Gasteiger partial charge in [0.05, 0.1) is 5.39 Å². The van der Waals surface area contributed by atoms with Crippen LogP contribution in [0.15, 0.2) is 6.33 Å². The molecule has 2 heterocycles. The SMILES string of the molecule is Cc1c(C(=O)O)sc2ncnc(NC3CC4CCC3C4)c12. The smallest absolute Gasteiger partial charge is 0.346 e. The first-order valence-corrected chi connectivity index (χ1v) is 8.19. The Morgan fingerprint density at radius 2 is 2.24 bits per heavy atom. The molecule has 21 heavy (non-hydrogen) atoms. The van der Waals surface area contributed by atoms with E-state index in [4.69, 9.17) is 0 Å². The van der Waals surface area contributed by atoms with E-state index in [0.29, 0.717) is 10.9 Å². The van der Waals surface area contributed by atoms with Crippen LogP contribution in [0.4, 0.5) is 5.82 Å². The quantitative estimate of drug-likeness (QED) is 0.910. The van der Waals surface area contributed by atoms with Crippen molar-refractivity contribution in [2.45, 2.75) is 38.6 Å². The van der Waals surface area contributed by atoms with Crippen LogP contribution in [0, 0.1) is 18.8 Å². The second kappa shape index (κ2) is 4.66. The Labute approximate surface area is 126 Å². The third kappa shape index (κ3) is 2.00. The number of aryl methyl sites for hydroxylation is 1. The number of hydrogen-bond acceptors (Lipinski definition) is 5. The summed E-state index contributed by atoms with van der Waals surface area (Å²) in [6, 6.07) is 0.481. The lowest BCUT2D eigenvalue weighted by Crippen LogP contribution is -2.26. The number of fused-ring (bicyclic) bond motifs is 3. The molecule has 0 aliphatic heterocycles. The number of rotatable bonds is 3. The summed E-state index contributed by atoms with van der Waals surface area (Å²) in [4.78, 5) is 21.0. The molecule has 2 aliphatic carbocycles. The fraction of sp³-hybridized carbons (Fsp3) is 0.533. The third-order valence-electron chi connectivity index (χ3n) is 4.98. The minimum Gasteiger partial charge on any atom is -0.477 e. The molecule has 2 aromatic rings. The number of aromatic nitrogens is 2. The number of carboxylic acid groups (broad SMARTS) is 1. The van der Waals surface area contributed by atoms with Gasteiger partial charge in [-0.05, 0) is 43.6 Å². The zero-order valence-corrected chi connectivity index (χ0v) is 12.6. The maximum Gasteiger partial charge on any atom is 0.346 e. The lowest BCUT2D eigenvalue weighted by molar-refractivity contribution is 0.0701. The number of thiophene rings is 1. The molecule has 3 unspecified atom stereocenters. The molecule has 5 nitrogen and oxygen atoms in total. The average molecular weight is 303 g/mol. The number of nitrogens with one attached hydrogen (secondary N) is 1. The molecular weight excluding hydrogens is 286 g/mol. The van der Waals surface area contributed by atoms with Gasteiger partial charge in [0, 0.05) is 6.04 Å². The molecule has 0 aromatic carbocycles. The monoisotopic (exact) mass is 303 g/mol. The normalized spacial score (nSPS) is 27.4. The standard InChI is InChI=1S/C15H17N3O2S/c1-7-11-13(18-10-5-8-2-3-9(10)4-8)16-6-17-14(11)21-12(7)15(19)20/h6,8-10H,2-5H2,1H3,(H,19,20)(H,16,17,18). The van der Waals surface area contributed by atoms with Crippen LogP contribution in [-0.2, 0) is 0 Å². The lowest BCUT2D eigenvalue weighted by atomic mass is 9.95. The summed E-state index contributed by atoms with van der Waals surface area (Å²) >= 11 is 1.23. The number of carboxylic acids is 1. The van der Waals surface area contributed by atoms with E-state index >= 15 is 0 Å². The van der Waals surface area contributed by atoms with Crippen molar-refractivity contribution in [1.29, 1.82) is 0 Å². The van der Waals surface area contributed by atoms with Crippen LogP contribution in [0.5, 0.6) is 0 Å². The topological polar surface area (TPSA) is 75.1 Å². The van der Waals surface area contributed by atoms with Crippen LogP contribution < -0.4 is 5.32 Å². The summed E-state index contributed by atoms with van der Waals surface area (Å²) in [5, 5.41) is 13.7. The Hall–Kier alpha value is -1.69. The molecular formula is C15H17N3O2S. The van der Waals surface area contributed by atoms with Gasteiger partial charge in [-0.25, -0.2) is 14.8 Å². The molecule has 110 valence electrons. The van der Waals surface area contributed by atoms with Gasteiger partial charge >= 0.3 is 5.97 Å². The summed E-state index contributed by atoms with van der Waals surface area (Å²) in [7, 11) is 0. The van der Waals surface area contributed by atoms with E-state index in [0.717, 1.165) is 33.4 Å². The molecule has 6 heteroatoms. The van der Waals surface area contributed by atoms with E-state index in [2.05, 4.69) is 15.3 Å². The van der Waals surface area contributed by atoms with E-state index in [9.17, 15) is 9.90 Å². The molecule has 2 aromatic heterocycles. The number of anilines is 1. The van der Waals surface area contributed by atoms with Crippen LogP contribution in [0.1, 0.15) is 40.9 Å². The van der Waals surface area contributed by atoms with Gasteiger partial charge in [-0.2, -0.15) is 0 Å². The van der Waals surface area contributed by atoms with Gasteiger partial charge in [-0.15, -0.1) is 11.3 Å². The lowest BCUT2D eigenvalue weighted by Gasteiger charge is -2.23. The van der Waals surface area contributed by atoms with Crippen molar-refractivity contribution in [2.24, 2.45) is 11.8 Å². The van der Waals surface area contributed by atoms with Gasteiger partial charge < -0.3 is 10.4 Å². The summed E-state index contributed by atoms with van der Waals surface area (Å²) < 4.78 is 0. The van der Waals surface area contributed by atoms with E-state index in [-0.39, 0.29) is 0 Å². The predicted octanol–water partition coefficient (Wildman–Crippen LogP) is 3.30. The summed E-state index contributed by atoms with van der Waals surface area (Å²) in [5.74, 6) is 1.53. The van der Waals surface area contributed by atoms with Gasteiger partial charge in [0.15, 0.2) is 0 Å². The first-order chi connectivity index (χ1) is 10.1. The van der Waals surface area contributed by atoms with E-state index in [1.807, 2.05) is 6.92 Å². The average Bonchev–Trinajstić information content (AvgIpc) is 3.13. The fourth-order valence-electron chi connectivity index (χ4n) is 3.98. The zero-order valence-electron chi connectivity index (χ0n) is 11.8. The van der Waals surface area contributed by atoms with Gasteiger partial charge in [-0.1, -0.05) is 6.42 Å². The van der Waals surface area contributed by atoms with Crippen molar-refractivity contribution >= 4 is 33.3 Å². The van der Waals surface area contributed by atoms with Crippen molar-refractivity contribution in [2.75, 3.05) is 5.32 Å². The molecule has 3 atom stereocenters. The Bertz CT molecular complexity index is 727. The number of nitrogens with zero attached hydrogens (tertiary/aromatic N) is 2. The maximum absolute atomic E-state index is 11.3. The molecule has 0 spiro atoms. The molecule has 2 saturated carbocycles. The number of hydrogen-bond donors (Lipinski definition) is 2. The summed E-state index contributed by atoms with van der Waals surface area (Å²) in [6.07, 6.45) is 6.74. The first kappa shape index (κ1) is 13.0. The molecule has 2 bridgehead atoms. The van der Waals surface area contributed by atoms with Crippen LogP contribution in [0.3, 0.4) is 0 Å². The van der Waals surface area contributed by atoms with Crippen LogP contribution >= 0.6 is 11.3 Å². The molecule has 2 aliphatic rings. The highest BCUT2D eigenvalue weighted by Crippen LogP contribution is 2.46. The van der Waals surface area contributed by atoms with Crippen LogP contribution in [0.25, 0.3) is 10.2 Å². The Balaban J connectivity index is 1.73. The fourth-order valence-corrected chi connectivity index (χ4v) is 4.97. The summed E-state index contributed by atoms with van der Waals surface area (Å²) in [5.41, 5.74) is 0.772. The maximum atomic E-state index is 11.3. The van der Waals surface area contributed by atoms with Gasteiger partial charge in [0.25, 0.3) is 0 Å². The molecule has 0 radical (unpaired) electrons. The van der Waals surface area contributed by atoms with Crippen molar-refractivity contribution in [3.8, 4) is 0 Å². The number of aromatic carboxylic acids is 1. The Morgan fingerprint density at radius 1 is 1.38 bits per heavy atom. The van der Waals surface area contributed by atoms with Crippen molar-refractivity contribution in [1.82, 2.24) is 9.97 Å². The van der Waals surface area contributed by atoms with Gasteiger partial charge in [0.1, 0.15) is 21.9 Å². The molecule has 0 amide bonds. The Kier molecular flexibility index (Phi) is 2.89. The minimum atomic E-state index is -0.888. The molecule has 4 rings (SSSR count). The summed E-state index contributed by atoms with van der Waals surface area (Å²) in [6.45, 7) is 1.84. The third-order valence-corrected chi connectivity index (χ3v) is 6.17. The van der Waals surface area contributed by atoms with Gasteiger partial charge in [0.2, 0.25) is 0 Å². The minimum absolute atomic E-state index is 0.362. The van der Waals surface area contributed by atoms with E-state index < -0.39 is 5.97 Å². The van der Waals surface area contributed by atoms with Crippen LogP contribution in [-0.4, -0.2) is 27.1 Å². The predicted molar refractivity (Wildman–Crippen MR) is 82.0 cm³/mol. The number of carbonyl (C=O) groups is 1. The van der Waals surface area contributed by atoms with Crippen molar-refractivity contribution in [3.63, 3.8) is 0 Å². The highest BCUT2D eigenvalue weighted by atomic mass is 32.1. The second-order valence-electron chi connectivity index (χ2n) is 6.19. The van der Waals surface area contributed by atoms with Crippen LogP contribution in [0.2, 0.25) is 0 Å². The van der Waals surface area contributed by atoms with E-state index in [1.165, 1.54) is 43.3 Å².